The zero-order chi connectivity index (χ0) is 19.9. The summed E-state index contributed by atoms with van der Waals surface area (Å²) in [6, 6.07) is 6.81. The molecule has 2 aromatic rings. The lowest BCUT2D eigenvalue weighted by Gasteiger charge is -2.26. The van der Waals surface area contributed by atoms with Gasteiger partial charge in [0.05, 0.1) is 6.04 Å². The number of fused-ring (bicyclic) bond motifs is 1. The summed E-state index contributed by atoms with van der Waals surface area (Å²) in [7, 11) is 0. The Morgan fingerprint density at radius 2 is 1.69 bits per heavy atom. The number of nitrogens with zero attached hydrogens (tertiary/aromatic N) is 1. The highest BCUT2D eigenvalue weighted by molar-refractivity contribution is 7.90. The average Bonchev–Trinajstić information content (AvgIpc) is 2.82. The molecule has 0 aliphatic carbocycles. The highest BCUT2D eigenvalue weighted by Crippen LogP contribution is 2.32. The van der Waals surface area contributed by atoms with Crippen LogP contribution in [0.1, 0.15) is 85.4 Å². The summed E-state index contributed by atoms with van der Waals surface area (Å²) in [6.45, 7) is 20.3. The summed E-state index contributed by atoms with van der Waals surface area (Å²) >= 11 is -1.09. The van der Waals surface area contributed by atoms with Crippen LogP contribution in [0.15, 0.2) is 24.4 Å². The zero-order valence-corrected chi connectivity index (χ0v) is 18.8. The second-order valence-corrected chi connectivity index (χ2v) is 11.9. The first-order chi connectivity index (χ1) is 11.8. The van der Waals surface area contributed by atoms with Crippen molar-refractivity contribution in [1.82, 2.24) is 9.29 Å². The minimum absolute atomic E-state index is 0.0312. The Hall–Kier alpha value is -0.970. The van der Waals surface area contributed by atoms with Gasteiger partial charge in [0, 0.05) is 35.0 Å². The first kappa shape index (κ1) is 21.3. The van der Waals surface area contributed by atoms with E-state index in [0.29, 0.717) is 5.92 Å². The second kappa shape index (κ2) is 7.57. The maximum Gasteiger partial charge on any atom is 0.136 e. The topological polar surface area (TPSA) is 40.0 Å². The Bertz CT molecular complexity index is 750. The lowest BCUT2D eigenvalue weighted by Crippen LogP contribution is -2.40. The van der Waals surface area contributed by atoms with Crippen molar-refractivity contribution in [3.8, 4) is 0 Å². The molecule has 1 aromatic carbocycles. The molecule has 146 valence electrons. The normalized spacial score (nSPS) is 15.7. The Kier molecular flexibility index (Phi) is 6.21. The fourth-order valence-electron chi connectivity index (χ4n) is 3.08. The molecule has 2 atom stereocenters. The maximum absolute atomic E-state index is 12.6. The molecular formula is C22H36N2OS. The largest absolute Gasteiger partial charge is 0.598 e. The number of nitrogens with one attached hydrogen (secondary N) is 1. The van der Waals surface area contributed by atoms with Crippen LogP contribution in [0.2, 0.25) is 0 Å². The highest BCUT2D eigenvalue weighted by Gasteiger charge is 2.29. The van der Waals surface area contributed by atoms with E-state index in [-0.39, 0.29) is 16.2 Å². The molecule has 1 unspecified atom stereocenters. The van der Waals surface area contributed by atoms with Crippen LogP contribution in [0.5, 0.6) is 0 Å². The third-order valence-electron chi connectivity index (χ3n) is 4.56. The van der Waals surface area contributed by atoms with Crippen LogP contribution >= 0.6 is 0 Å². The molecule has 3 nitrogen and oxygen atoms in total. The van der Waals surface area contributed by atoms with Crippen molar-refractivity contribution >= 4 is 22.3 Å². The van der Waals surface area contributed by atoms with Crippen molar-refractivity contribution in [3.63, 3.8) is 0 Å². The fourth-order valence-corrected chi connectivity index (χ4v) is 3.89. The van der Waals surface area contributed by atoms with E-state index in [1.54, 1.807) is 0 Å². The van der Waals surface area contributed by atoms with Crippen LogP contribution in [0, 0.1) is 5.41 Å². The molecule has 0 aliphatic heterocycles. The monoisotopic (exact) mass is 376 g/mol. The number of hydrogen-bond donors (Lipinski definition) is 1. The van der Waals surface area contributed by atoms with Gasteiger partial charge in [-0.1, -0.05) is 46.8 Å². The molecule has 0 fully saturated rings. The van der Waals surface area contributed by atoms with Crippen molar-refractivity contribution in [2.45, 2.75) is 85.6 Å². The summed E-state index contributed by atoms with van der Waals surface area (Å²) in [5.41, 5.74) is 4.05. The first-order valence-electron chi connectivity index (χ1n) is 9.60. The van der Waals surface area contributed by atoms with E-state index in [1.165, 1.54) is 22.0 Å². The van der Waals surface area contributed by atoms with Crippen LogP contribution in [0.4, 0.5) is 0 Å². The minimum Gasteiger partial charge on any atom is -0.598 e. The van der Waals surface area contributed by atoms with Crippen LogP contribution in [0.3, 0.4) is 0 Å². The third-order valence-corrected chi connectivity index (χ3v) is 6.24. The van der Waals surface area contributed by atoms with E-state index in [4.69, 9.17) is 0 Å². The Labute approximate surface area is 162 Å². The van der Waals surface area contributed by atoms with Crippen LogP contribution in [-0.4, -0.2) is 13.9 Å². The number of aromatic nitrogens is 1. The van der Waals surface area contributed by atoms with Gasteiger partial charge in [0.25, 0.3) is 0 Å². The molecule has 1 heterocycles. The van der Waals surface area contributed by atoms with Crippen molar-refractivity contribution < 1.29 is 4.55 Å². The van der Waals surface area contributed by atoms with Crippen molar-refractivity contribution in [1.29, 1.82) is 0 Å². The van der Waals surface area contributed by atoms with E-state index in [2.05, 4.69) is 75.2 Å². The summed E-state index contributed by atoms with van der Waals surface area (Å²) in [4.78, 5) is 0. The van der Waals surface area contributed by atoms with Crippen LogP contribution in [-0.2, 0) is 17.9 Å². The summed E-state index contributed by atoms with van der Waals surface area (Å²) < 4.78 is 18.0. The second-order valence-electron chi connectivity index (χ2n) is 9.92. The minimum atomic E-state index is -1.09. The molecule has 4 heteroatoms. The molecule has 0 saturated heterocycles. The average molecular weight is 377 g/mol. The predicted molar refractivity (Wildman–Crippen MR) is 115 cm³/mol. The van der Waals surface area contributed by atoms with E-state index in [0.717, 1.165) is 6.54 Å². The number of rotatable bonds is 5. The van der Waals surface area contributed by atoms with Gasteiger partial charge >= 0.3 is 0 Å². The third kappa shape index (κ3) is 5.05. The van der Waals surface area contributed by atoms with Crippen LogP contribution in [0.25, 0.3) is 10.9 Å². The van der Waals surface area contributed by atoms with Crippen molar-refractivity contribution in [2.24, 2.45) is 5.41 Å². The Balaban J connectivity index is 2.49. The molecule has 26 heavy (non-hydrogen) atoms. The summed E-state index contributed by atoms with van der Waals surface area (Å²) in [6.07, 6.45) is 2.25. The lowest BCUT2D eigenvalue weighted by molar-refractivity contribution is 0.349. The highest BCUT2D eigenvalue weighted by atomic mass is 32.2. The van der Waals surface area contributed by atoms with Gasteiger partial charge in [0.1, 0.15) is 4.75 Å². The summed E-state index contributed by atoms with van der Waals surface area (Å²) in [5, 5.41) is 1.25. The Morgan fingerprint density at radius 3 is 2.19 bits per heavy atom. The molecule has 0 bridgehead atoms. The number of benzene rings is 1. The van der Waals surface area contributed by atoms with E-state index in [1.807, 2.05) is 20.8 Å². The van der Waals surface area contributed by atoms with E-state index < -0.39 is 11.4 Å². The standard InChI is InChI=1S/C22H36N2OS/c1-15(2)17-10-11-18-19(16(3)23-26(25)22(7,8)9)13-24(20(18)12-17)14-21(4,5)6/h10-13,15-16,23H,14H2,1-9H3/t16-,26?/m1/s1. The van der Waals surface area contributed by atoms with Crippen LogP contribution < -0.4 is 4.72 Å². The Morgan fingerprint density at radius 1 is 1.08 bits per heavy atom. The molecule has 0 aliphatic rings. The van der Waals surface area contributed by atoms with Gasteiger partial charge in [-0.25, -0.2) is 0 Å². The quantitative estimate of drug-likeness (QED) is 0.658. The molecule has 0 amide bonds. The molecule has 2 rings (SSSR count). The van der Waals surface area contributed by atoms with E-state index >= 15 is 0 Å². The molecule has 1 aromatic heterocycles. The van der Waals surface area contributed by atoms with Gasteiger partial charge in [0.2, 0.25) is 0 Å². The molecule has 0 radical (unpaired) electrons. The predicted octanol–water partition coefficient (Wildman–Crippen LogP) is 5.92. The van der Waals surface area contributed by atoms with E-state index in [9.17, 15) is 4.55 Å². The van der Waals surface area contributed by atoms with Crippen molar-refractivity contribution in [3.05, 3.63) is 35.5 Å². The van der Waals surface area contributed by atoms with Crippen molar-refractivity contribution in [2.75, 3.05) is 0 Å². The van der Waals surface area contributed by atoms with Gasteiger partial charge in [-0.05, 0) is 56.2 Å². The first-order valence-corrected chi connectivity index (χ1v) is 10.8. The smallest absolute Gasteiger partial charge is 0.136 e. The van der Waals surface area contributed by atoms with Gasteiger partial charge in [-0.2, -0.15) is 0 Å². The lowest BCUT2D eigenvalue weighted by atomic mass is 9.96. The zero-order valence-electron chi connectivity index (χ0n) is 17.9. The molecule has 0 saturated carbocycles. The van der Waals surface area contributed by atoms with Gasteiger partial charge < -0.3 is 9.12 Å². The summed E-state index contributed by atoms with van der Waals surface area (Å²) in [5.74, 6) is 0.504. The van der Waals surface area contributed by atoms with Gasteiger partial charge in [0.15, 0.2) is 0 Å². The molecule has 0 spiro atoms. The maximum atomic E-state index is 12.6. The number of hydrogen-bond acceptors (Lipinski definition) is 2. The van der Waals surface area contributed by atoms with Gasteiger partial charge in [-0.15, -0.1) is 4.72 Å². The molecular weight excluding hydrogens is 340 g/mol. The fraction of sp³-hybridized carbons (Fsp3) is 0.636. The SMILES string of the molecule is CC(C)c1ccc2c([C@@H](C)N[S+]([O-])C(C)(C)C)cn(CC(C)(C)C)c2c1. The molecule has 1 N–H and O–H groups in total. The van der Waals surface area contributed by atoms with Gasteiger partial charge in [-0.3, -0.25) is 0 Å².